The van der Waals surface area contributed by atoms with Gasteiger partial charge in [0, 0.05) is 18.0 Å². The molecule has 0 saturated carbocycles. The van der Waals surface area contributed by atoms with Crippen LogP contribution in [0.1, 0.15) is 44.0 Å². The van der Waals surface area contributed by atoms with Crippen LogP contribution in [0.15, 0.2) is 24.3 Å². The maximum Gasteiger partial charge on any atom is 0.251 e. The normalized spacial score (nSPS) is 12.2. The average molecular weight is 298 g/mol. The van der Waals surface area contributed by atoms with Crippen LogP contribution >= 0.6 is 11.6 Å². The van der Waals surface area contributed by atoms with E-state index < -0.39 is 0 Å². The molecule has 0 heterocycles. The van der Waals surface area contributed by atoms with Gasteiger partial charge < -0.3 is 10.1 Å². The monoisotopic (exact) mass is 297 g/mol. The van der Waals surface area contributed by atoms with Gasteiger partial charge in [-0.2, -0.15) is 0 Å². The van der Waals surface area contributed by atoms with Crippen LogP contribution in [0, 0.1) is 5.92 Å². The Morgan fingerprint density at radius 2 is 2.10 bits per heavy atom. The largest absolute Gasteiger partial charge is 0.491 e. The van der Waals surface area contributed by atoms with Crippen LogP contribution in [0.25, 0.3) is 0 Å². The van der Waals surface area contributed by atoms with Crippen molar-refractivity contribution in [3.8, 4) is 5.75 Å². The number of benzene rings is 1. The summed E-state index contributed by atoms with van der Waals surface area (Å²) in [4.78, 5) is 12.0. The minimum absolute atomic E-state index is 0.0577. The van der Waals surface area contributed by atoms with Crippen LogP contribution in [0.5, 0.6) is 5.75 Å². The quantitative estimate of drug-likeness (QED) is 0.584. The molecule has 1 amide bonds. The van der Waals surface area contributed by atoms with Gasteiger partial charge in [0.1, 0.15) is 5.75 Å². The molecule has 1 atom stereocenters. The van der Waals surface area contributed by atoms with E-state index in [9.17, 15) is 4.79 Å². The zero-order valence-corrected chi connectivity index (χ0v) is 13.2. The van der Waals surface area contributed by atoms with Gasteiger partial charge in [-0.3, -0.25) is 4.79 Å². The molecule has 0 aliphatic carbocycles. The highest BCUT2D eigenvalue weighted by molar-refractivity contribution is 6.18. The van der Waals surface area contributed by atoms with E-state index in [1.165, 1.54) is 0 Å². The van der Waals surface area contributed by atoms with Crippen molar-refractivity contribution in [2.75, 3.05) is 12.4 Å². The van der Waals surface area contributed by atoms with Gasteiger partial charge in [0.25, 0.3) is 5.91 Å². The molecule has 1 N–H and O–H groups in total. The van der Waals surface area contributed by atoms with E-state index in [1.54, 1.807) is 12.1 Å². The van der Waals surface area contributed by atoms with Crippen molar-refractivity contribution in [3.05, 3.63) is 29.8 Å². The van der Waals surface area contributed by atoms with Gasteiger partial charge in [-0.05, 0) is 50.8 Å². The molecule has 0 aromatic heterocycles. The van der Waals surface area contributed by atoms with E-state index in [2.05, 4.69) is 12.2 Å². The predicted molar refractivity (Wildman–Crippen MR) is 83.7 cm³/mol. The number of ether oxygens (including phenoxy) is 1. The summed E-state index contributed by atoms with van der Waals surface area (Å²) in [5, 5.41) is 2.92. The fourth-order valence-corrected chi connectivity index (χ4v) is 1.97. The van der Waals surface area contributed by atoms with Gasteiger partial charge in [0.2, 0.25) is 0 Å². The summed E-state index contributed by atoms with van der Waals surface area (Å²) in [5.41, 5.74) is 0.633. The fourth-order valence-electron chi connectivity index (χ4n) is 1.81. The van der Waals surface area contributed by atoms with E-state index in [-0.39, 0.29) is 12.0 Å². The van der Waals surface area contributed by atoms with Crippen LogP contribution in [0.4, 0.5) is 0 Å². The Hall–Kier alpha value is -1.22. The molecule has 4 heteroatoms. The number of halogens is 1. The molecule has 0 aliphatic rings. The Morgan fingerprint density at radius 1 is 1.35 bits per heavy atom. The summed E-state index contributed by atoms with van der Waals surface area (Å²) in [6.45, 7) is 6.71. The van der Waals surface area contributed by atoms with Crippen molar-refractivity contribution in [1.82, 2.24) is 5.32 Å². The summed E-state index contributed by atoms with van der Waals surface area (Å²) in [6.07, 6.45) is 2.08. The minimum atomic E-state index is -0.0577. The first-order valence-electron chi connectivity index (χ1n) is 7.13. The first-order valence-corrected chi connectivity index (χ1v) is 7.67. The summed E-state index contributed by atoms with van der Waals surface area (Å²) < 4.78 is 5.58. The van der Waals surface area contributed by atoms with Gasteiger partial charge in [-0.25, -0.2) is 0 Å². The SMILES string of the molecule is CC(CCl)CCCNC(=O)c1cccc(OC(C)C)c1. The molecule has 0 saturated heterocycles. The second-order valence-corrected chi connectivity index (χ2v) is 5.66. The summed E-state index contributed by atoms with van der Waals surface area (Å²) in [6, 6.07) is 7.27. The smallest absolute Gasteiger partial charge is 0.251 e. The topological polar surface area (TPSA) is 38.3 Å². The molecule has 1 rings (SSSR count). The minimum Gasteiger partial charge on any atom is -0.491 e. The molecule has 0 radical (unpaired) electrons. The molecule has 1 aromatic carbocycles. The zero-order chi connectivity index (χ0) is 15.0. The highest BCUT2D eigenvalue weighted by Gasteiger charge is 2.07. The van der Waals surface area contributed by atoms with Crippen LogP contribution < -0.4 is 10.1 Å². The number of rotatable bonds is 8. The van der Waals surface area contributed by atoms with Crippen molar-refractivity contribution in [1.29, 1.82) is 0 Å². The maximum atomic E-state index is 12.0. The second-order valence-electron chi connectivity index (χ2n) is 5.35. The molecule has 0 bridgehead atoms. The number of carbonyl (C=O) groups excluding carboxylic acids is 1. The molecule has 20 heavy (non-hydrogen) atoms. The third-order valence-electron chi connectivity index (χ3n) is 2.89. The van der Waals surface area contributed by atoms with Crippen LogP contribution in [-0.4, -0.2) is 24.4 Å². The van der Waals surface area contributed by atoms with E-state index in [1.807, 2.05) is 26.0 Å². The van der Waals surface area contributed by atoms with Gasteiger partial charge in [0.15, 0.2) is 0 Å². The Kier molecular flexibility index (Phi) is 7.45. The first-order chi connectivity index (χ1) is 9.52. The first kappa shape index (κ1) is 16.8. The van der Waals surface area contributed by atoms with Crippen molar-refractivity contribution < 1.29 is 9.53 Å². The summed E-state index contributed by atoms with van der Waals surface area (Å²) in [7, 11) is 0. The Labute approximate surface area is 126 Å². The van der Waals surface area contributed by atoms with Crippen molar-refractivity contribution in [2.24, 2.45) is 5.92 Å². The lowest BCUT2D eigenvalue weighted by atomic mass is 10.1. The van der Waals surface area contributed by atoms with Crippen molar-refractivity contribution in [2.45, 2.75) is 39.7 Å². The second kappa shape index (κ2) is 8.85. The van der Waals surface area contributed by atoms with E-state index in [4.69, 9.17) is 16.3 Å². The predicted octanol–water partition coefficient (Wildman–Crippen LogP) is 3.86. The van der Waals surface area contributed by atoms with E-state index >= 15 is 0 Å². The Morgan fingerprint density at radius 3 is 2.75 bits per heavy atom. The molecule has 0 aliphatic heterocycles. The zero-order valence-electron chi connectivity index (χ0n) is 12.5. The summed E-state index contributed by atoms with van der Waals surface area (Å²) in [5.74, 6) is 1.83. The van der Waals surface area contributed by atoms with Crippen LogP contribution in [-0.2, 0) is 0 Å². The van der Waals surface area contributed by atoms with Crippen LogP contribution in [0.3, 0.4) is 0 Å². The number of hydrogen-bond donors (Lipinski definition) is 1. The molecular formula is C16H24ClNO2. The Balaban J connectivity index is 2.43. The highest BCUT2D eigenvalue weighted by atomic mass is 35.5. The number of hydrogen-bond acceptors (Lipinski definition) is 2. The molecule has 1 unspecified atom stereocenters. The number of alkyl halides is 1. The van der Waals surface area contributed by atoms with Gasteiger partial charge in [-0.15, -0.1) is 11.6 Å². The van der Waals surface area contributed by atoms with Crippen LogP contribution in [0.2, 0.25) is 0 Å². The standard InChI is InChI=1S/C16H24ClNO2/c1-12(2)20-15-8-4-7-14(10-15)16(19)18-9-5-6-13(3)11-17/h4,7-8,10,12-13H,5-6,9,11H2,1-3H3,(H,18,19). The number of carbonyl (C=O) groups is 1. The Bertz CT molecular complexity index is 421. The number of nitrogens with one attached hydrogen (secondary N) is 1. The van der Waals surface area contributed by atoms with Crippen molar-refractivity contribution in [3.63, 3.8) is 0 Å². The lowest BCUT2D eigenvalue weighted by Gasteiger charge is -2.11. The molecular weight excluding hydrogens is 274 g/mol. The van der Waals surface area contributed by atoms with Gasteiger partial charge in [-0.1, -0.05) is 13.0 Å². The third kappa shape index (κ3) is 6.29. The molecule has 112 valence electrons. The lowest BCUT2D eigenvalue weighted by molar-refractivity contribution is 0.0952. The third-order valence-corrected chi connectivity index (χ3v) is 3.42. The van der Waals surface area contributed by atoms with E-state index in [0.717, 1.165) is 18.6 Å². The summed E-state index contributed by atoms with van der Waals surface area (Å²) >= 11 is 5.75. The highest BCUT2D eigenvalue weighted by Crippen LogP contribution is 2.15. The molecule has 0 spiro atoms. The molecule has 1 aromatic rings. The van der Waals surface area contributed by atoms with Gasteiger partial charge in [0.05, 0.1) is 6.10 Å². The van der Waals surface area contributed by atoms with E-state index in [0.29, 0.717) is 23.9 Å². The number of amides is 1. The average Bonchev–Trinajstić information content (AvgIpc) is 2.42. The lowest BCUT2D eigenvalue weighted by Crippen LogP contribution is -2.24. The van der Waals surface area contributed by atoms with Gasteiger partial charge >= 0.3 is 0 Å². The molecule has 3 nitrogen and oxygen atoms in total. The van der Waals surface area contributed by atoms with Crippen molar-refractivity contribution >= 4 is 17.5 Å². The maximum absolute atomic E-state index is 12.0. The molecule has 0 fully saturated rings. The fraction of sp³-hybridized carbons (Fsp3) is 0.562.